The van der Waals surface area contributed by atoms with Crippen LogP contribution in [-0.4, -0.2) is 28.3 Å². The number of aromatic nitrogens is 2. The number of hydrogen-bond donors (Lipinski definition) is 0. The Kier molecular flexibility index (Phi) is 6.11. The zero-order chi connectivity index (χ0) is 16.8. The molecule has 0 amide bonds. The zero-order valence-corrected chi connectivity index (χ0v) is 14.5. The van der Waals surface area contributed by atoms with Crippen molar-refractivity contribution < 1.29 is 9.53 Å². The van der Waals surface area contributed by atoms with Crippen LogP contribution < -0.4 is 0 Å². The predicted octanol–water partition coefficient (Wildman–Crippen LogP) is 3.74. The minimum atomic E-state index is 0.0819. The molecule has 0 spiro atoms. The van der Waals surface area contributed by atoms with E-state index in [0.717, 1.165) is 23.4 Å². The Morgan fingerprint density at radius 1 is 1.13 bits per heavy atom. The van der Waals surface area contributed by atoms with Crippen LogP contribution in [0.2, 0.25) is 0 Å². The van der Waals surface area contributed by atoms with Gasteiger partial charge < -0.3 is 4.74 Å². The van der Waals surface area contributed by atoms with E-state index in [-0.39, 0.29) is 17.8 Å². The second kappa shape index (κ2) is 8.06. The molecular weight excluding hydrogens is 288 g/mol. The maximum absolute atomic E-state index is 11.8. The van der Waals surface area contributed by atoms with E-state index >= 15 is 0 Å². The highest BCUT2D eigenvalue weighted by atomic mass is 16.5. The molecule has 23 heavy (non-hydrogen) atoms. The fourth-order valence-electron chi connectivity index (χ4n) is 2.22. The van der Waals surface area contributed by atoms with Gasteiger partial charge in [0.15, 0.2) is 0 Å². The van der Waals surface area contributed by atoms with Gasteiger partial charge in [-0.1, -0.05) is 38.1 Å². The van der Waals surface area contributed by atoms with E-state index < -0.39 is 0 Å². The largest absolute Gasteiger partial charge is 0.377 e. The van der Waals surface area contributed by atoms with Crippen LogP contribution in [0.15, 0.2) is 36.5 Å². The lowest BCUT2D eigenvalue weighted by Gasteiger charge is -2.07. The van der Waals surface area contributed by atoms with Crippen molar-refractivity contribution in [2.24, 2.45) is 5.92 Å². The summed E-state index contributed by atoms with van der Waals surface area (Å²) in [5.74, 6) is 0.352. The van der Waals surface area contributed by atoms with E-state index in [1.165, 1.54) is 0 Å². The first-order valence-electron chi connectivity index (χ1n) is 8.23. The molecular formula is C19H26N2O2. The Morgan fingerprint density at radius 2 is 1.83 bits per heavy atom. The molecule has 1 heterocycles. The molecule has 0 radical (unpaired) electrons. The Bertz CT molecular complexity index is 627. The number of Topliss-reactive ketones (excluding diaryl/α,β-unsaturated/α-hetero) is 1. The molecule has 0 atom stereocenters. The van der Waals surface area contributed by atoms with Crippen molar-refractivity contribution in [1.29, 1.82) is 0 Å². The van der Waals surface area contributed by atoms with Gasteiger partial charge in [0.1, 0.15) is 5.78 Å². The van der Waals surface area contributed by atoms with Gasteiger partial charge in [0.2, 0.25) is 0 Å². The van der Waals surface area contributed by atoms with E-state index in [4.69, 9.17) is 4.74 Å². The van der Waals surface area contributed by atoms with Gasteiger partial charge in [-0.2, -0.15) is 5.10 Å². The minimum Gasteiger partial charge on any atom is -0.377 e. The normalized spacial score (nSPS) is 11.4. The summed E-state index contributed by atoms with van der Waals surface area (Å²) < 4.78 is 7.44. The summed E-state index contributed by atoms with van der Waals surface area (Å²) in [5.41, 5.74) is 3.06. The summed E-state index contributed by atoms with van der Waals surface area (Å²) in [6.07, 6.45) is 2.71. The lowest BCUT2D eigenvalue weighted by atomic mass is 10.00. The predicted molar refractivity (Wildman–Crippen MR) is 92.3 cm³/mol. The van der Waals surface area contributed by atoms with E-state index in [1.54, 1.807) is 0 Å². The van der Waals surface area contributed by atoms with Gasteiger partial charge >= 0.3 is 0 Å². The molecule has 4 heteroatoms. The summed E-state index contributed by atoms with van der Waals surface area (Å²) in [6, 6.07) is 10.1. The average molecular weight is 314 g/mol. The first kappa shape index (κ1) is 17.4. The van der Waals surface area contributed by atoms with Crippen molar-refractivity contribution in [3.63, 3.8) is 0 Å². The van der Waals surface area contributed by atoms with Crippen LogP contribution in [0.4, 0.5) is 0 Å². The quantitative estimate of drug-likeness (QED) is 0.745. The Labute approximate surface area is 138 Å². The van der Waals surface area contributed by atoms with Gasteiger partial charge in [-0.15, -0.1) is 0 Å². The Hall–Kier alpha value is -1.94. The summed E-state index contributed by atoms with van der Waals surface area (Å²) in [5, 5.41) is 4.57. The van der Waals surface area contributed by atoms with E-state index in [1.807, 2.05) is 68.9 Å². The molecule has 1 aromatic carbocycles. The van der Waals surface area contributed by atoms with E-state index in [2.05, 4.69) is 5.10 Å². The van der Waals surface area contributed by atoms with Crippen molar-refractivity contribution in [2.75, 3.05) is 6.61 Å². The molecule has 0 N–H and O–H groups in total. The van der Waals surface area contributed by atoms with Crippen LogP contribution in [0.3, 0.4) is 0 Å². The van der Waals surface area contributed by atoms with Crippen molar-refractivity contribution in [2.45, 2.75) is 46.8 Å². The van der Waals surface area contributed by atoms with Gasteiger partial charge in [0.25, 0.3) is 0 Å². The Balaban J connectivity index is 1.97. The van der Waals surface area contributed by atoms with Crippen LogP contribution in [0, 0.1) is 5.92 Å². The van der Waals surface area contributed by atoms with Crippen molar-refractivity contribution in [1.82, 2.24) is 9.78 Å². The lowest BCUT2D eigenvalue weighted by Crippen LogP contribution is -2.10. The first-order valence-corrected chi connectivity index (χ1v) is 8.23. The molecule has 0 aliphatic carbocycles. The molecule has 0 saturated carbocycles. The third-order valence-corrected chi connectivity index (χ3v) is 3.68. The SMILES string of the molecule is CC(C)OCCn1ccc(-c2ccc(CC(=O)C(C)C)cc2)n1. The smallest absolute Gasteiger partial charge is 0.139 e. The summed E-state index contributed by atoms with van der Waals surface area (Å²) in [6.45, 7) is 9.34. The summed E-state index contributed by atoms with van der Waals surface area (Å²) >= 11 is 0. The van der Waals surface area contributed by atoms with E-state index in [0.29, 0.717) is 13.0 Å². The third kappa shape index (κ3) is 5.32. The highest BCUT2D eigenvalue weighted by Gasteiger charge is 2.09. The molecule has 2 aromatic rings. The highest BCUT2D eigenvalue weighted by molar-refractivity contribution is 5.82. The van der Waals surface area contributed by atoms with E-state index in [9.17, 15) is 4.79 Å². The van der Waals surface area contributed by atoms with Crippen LogP contribution in [0.5, 0.6) is 0 Å². The molecule has 1 aromatic heterocycles. The number of ketones is 1. The molecule has 0 fully saturated rings. The number of carbonyl (C=O) groups excluding carboxylic acids is 1. The lowest BCUT2D eigenvalue weighted by molar-refractivity contribution is -0.121. The fraction of sp³-hybridized carbons (Fsp3) is 0.474. The molecule has 0 saturated heterocycles. The van der Waals surface area contributed by atoms with Crippen molar-refractivity contribution in [3.05, 3.63) is 42.1 Å². The van der Waals surface area contributed by atoms with Gasteiger partial charge in [-0.05, 0) is 25.5 Å². The Morgan fingerprint density at radius 3 is 2.43 bits per heavy atom. The number of carbonyl (C=O) groups is 1. The monoisotopic (exact) mass is 314 g/mol. The summed E-state index contributed by atoms with van der Waals surface area (Å²) in [7, 11) is 0. The standard InChI is InChI=1S/C19H26N2O2/c1-14(2)19(22)13-16-5-7-17(8-6-16)18-9-10-21(20-18)11-12-23-15(3)4/h5-10,14-15H,11-13H2,1-4H3. The number of nitrogens with zero attached hydrogens (tertiary/aromatic N) is 2. The number of ether oxygens (including phenoxy) is 1. The number of rotatable bonds is 8. The zero-order valence-electron chi connectivity index (χ0n) is 14.5. The van der Waals surface area contributed by atoms with Gasteiger partial charge in [-0.3, -0.25) is 9.48 Å². The maximum atomic E-state index is 11.8. The van der Waals surface area contributed by atoms with Gasteiger partial charge in [-0.25, -0.2) is 0 Å². The molecule has 2 rings (SSSR count). The average Bonchev–Trinajstić information content (AvgIpc) is 2.96. The molecule has 4 nitrogen and oxygen atoms in total. The van der Waals surface area contributed by atoms with Crippen LogP contribution in [0.1, 0.15) is 33.3 Å². The molecule has 0 unspecified atom stereocenters. The van der Waals surface area contributed by atoms with Crippen molar-refractivity contribution in [3.8, 4) is 11.3 Å². The van der Waals surface area contributed by atoms with Crippen LogP contribution in [0.25, 0.3) is 11.3 Å². The number of benzene rings is 1. The highest BCUT2D eigenvalue weighted by Crippen LogP contribution is 2.18. The van der Waals surface area contributed by atoms with Gasteiger partial charge in [0, 0.05) is 24.1 Å². The van der Waals surface area contributed by atoms with Crippen molar-refractivity contribution >= 4 is 5.78 Å². The second-order valence-electron chi connectivity index (χ2n) is 6.38. The van der Waals surface area contributed by atoms with Gasteiger partial charge in [0.05, 0.1) is 24.9 Å². The van der Waals surface area contributed by atoms with Crippen LogP contribution in [-0.2, 0) is 22.5 Å². The molecule has 0 aliphatic rings. The molecule has 124 valence electrons. The molecule has 0 bridgehead atoms. The second-order valence-corrected chi connectivity index (χ2v) is 6.38. The minimum absolute atomic E-state index is 0.0819. The fourth-order valence-corrected chi connectivity index (χ4v) is 2.22. The number of hydrogen-bond acceptors (Lipinski definition) is 3. The topological polar surface area (TPSA) is 44.1 Å². The third-order valence-electron chi connectivity index (χ3n) is 3.68. The molecule has 0 aliphatic heterocycles. The maximum Gasteiger partial charge on any atom is 0.139 e. The summed E-state index contributed by atoms with van der Waals surface area (Å²) in [4.78, 5) is 11.8. The first-order chi connectivity index (χ1) is 11.0. The van der Waals surface area contributed by atoms with Crippen LogP contribution >= 0.6 is 0 Å².